The summed E-state index contributed by atoms with van der Waals surface area (Å²) in [5.41, 5.74) is 0.706. The Kier molecular flexibility index (Phi) is 4.71. The molecule has 1 unspecified atom stereocenters. The number of aliphatic hydroxyl groups is 1. The van der Waals surface area contributed by atoms with Crippen molar-refractivity contribution in [3.8, 4) is 0 Å². The predicted octanol–water partition coefficient (Wildman–Crippen LogP) is 4.36. The van der Waals surface area contributed by atoms with E-state index in [9.17, 15) is 14.7 Å². The summed E-state index contributed by atoms with van der Waals surface area (Å²) in [7, 11) is 0. The van der Waals surface area contributed by atoms with Crippen LogP contribution in [0.25, 0.3) is 0 Å². The minimum atomic E-state index is -0.732. The summed E-state index contributed by atoms with van der Waals surface area (Å²) in [5.74, 6) is -1.33. The Hall–Kier alpha value is -2.47. The van der Waals surface area contributed by atoms with Gasteiger partial charge in [0.25, 0.3) is 5.91 Å². The number of Topliss-reactive ketones (excluding diaryl/α,β-unsaturated/α-hetero) is 1. The molecule has 6 heteroatoms. The van der Waals surface area contributed by atoms with Crippen LogP contribution >= 0.6 is 15.9 Å². The average molecular weight is 415 g/mol. The molecule has 3 rings (SSSR count). The van der Waals surface area contributed by atoms with Crippen LogP contribution in [0.15, 0.2) is 64.6 Å². The van der Waals surface area contributed by atoms with Crippen molar-refractivity contribution < 1.29 is 14.7 Å². The molecule has 0 aliphatic carbocycles. The number of pyridine rings is 1. The molecule has 0 saturated carbocycles. The van der Waals surface area contributed by atoms with Gasteiger partial charge in [-0.2, -0.15) is 0 Å². The third-order valence-electron chi connectivity index (χ3n) is 4.26. The van der Waals surface area contributed by atoms with Gasteiger partial charge in [0.1, 0.15) is 0 Å². The molecule has 0 fully saturated rings. The van der Waals surface area contributed by atoms with Gasteiger partial charge in [-0.25, -0.2) is 0 Å². The highest BCUT2D eigenvalue weighted by atomic mass is 79.9. The number of carbonyl (C=O) groups excluding carboxylic acids is 2. The van der Waals surface area contributed by atoms with E-state index in [0.29, 0.717) is 11.3 Å². The summed E-state index contributed by atoms with van der Waals surface area (Å²) in [6, 6.07) is 9.97. The first kappa shape index (κ1) is 18.3. The van der Waals surface area contributed by atoms with Gasteiger partial charge in [-0.1, -0.05) is 36.7 Å². The molecule has 0 saturated heterocycles. The van der Waals surface area contributed by atoms with Gasteiger partial charge in [-0.05, 0) is 42.0 Å². The summed E-state index contributed by atoms with van der Waals surface area (Å²) in [6.07, 6.45) is 3.21. The van der Waals surface area contributed by atoms with E-state index in [4.69, 9.17) is 0 Å². The molecule has 134 valence electrons. The molecule has 2 heterocycles. The lowest BCUT2D eigenvalue weighted by molar-refractivity contribution is -0.123. The Bertz CT molecular complexity index is 884. The van der Waals surface area contributed by atoms with Crippen molar-refractivity contribution in [2.45, 2.75) is 26.8 Å². The Morgan fingerprint density at radius 1 is 1.12 bits per heavy atom. The van der Waals surface area contributed by atoms with Crippen LogP contribution in [0.1, 0.15) is 32.4 Å². The van der Waals surface area contributed by atoms with Crippen molar-refractivity contribution >= 4 is 33.3 Å². The SMILES string of the molecule is CC(C)(C)C(=O)C1=C(O)C(=O)N(c2ccc(Br)cc2)C1c1ccncc1. The molecule has 1 aliphatic rings. The van der Waals surface area contributed by atoms with Gasteiger partial charge < -0.3 is 5.11 Å². The number of hydrogen-bond donors (Lipinski definition) is 1. The first-order chi connectivity index (χ1) is 12.2. The molecule has 1 aromatic heterocycles. The van der Waals surface area contributed by atoms with Gasteiger partial charge in [0.2, 0.25) is 0 Å². The molecule has 1 aromatic carbocycles. The summed E-state index contributed by atoms with van der Waals surface area (Å²) < 4.78 is 0.872. The minimum absolute atomic E-state index is 0.122. The quantitative estimate of drug-likeness (QED) is 0.809. The highest BCUT2D eigenvalue weighted by molar-refractivity contribution is 9.10. The number of rotatable bonds is 3. The van der Waals surface area contributed by atoms with Crippen molar-refractivity contribution in [2.75, 3.05) is 4.90 Å². The standard InChI is InChI=1S/C20H19BrN2O3/c1-20(2,3)18(25)15-16(12-8-10-22-11-9-12)23(19(26)17(15)24)14-6-4-13(21)5-7-14/h4-11,16,24H,1-3H3. The van der Waals surface area contributed by atoms with E-state index in [1.54, 1.807) is 57.4 Å². The summed E-state index contributed by atoms with van der Waals surface area (Å²) in [4.78, 5) is 31.3. The topological polar surface area (TPSA) is 70.5 Å². The number of carbonyl (C=O) groups is 2. The fraction of sp³-hybridized carbons (Fsp3) is 0.250. The van der Waals surface area contributed by atoms with Gasteiger partial charge in [-0.15, -0.1) is 0 Å². The number of benzene rings is 1. The van der Waals surface area contributed by atoms with Crippen LogP contribution in [-0.2, 0) is 9.59 Å². The average Bonchev–Trinajstić information content (AvgIpc) is 2.86. The maximum Gasteiger partial charge on any atom is 0.294 e. The molecular weight excluding hydrogens is 396 g/mol. The largest absolute Gasteiger partial charge is 0.503 e. The Labute approximate surface area is 160 Å². The van der Waals surface area contributed by atoms with Crippen molar-refractivity contribution in [3.05, 3.63) is 70.2 Å². The highest BCUT2D eigenvalue weighted by Crippen LogP contribution is 2.43. The molecule has 2 aromatic rings. The Morgan fingerprint density at radius 2 is 1.69 bits per heavy atom. The Balaban J connectivity index is 2.19. The van der Waals surface area contributed by atoms with Crippen LogP contribution in [-0.4, -0.2) is 21.8 Å². The summed E-state index contributed by atoms with van der Waals surface area (Å²) in [6.45, 7) is 5.31. The maximum atomic E-state index is 13.0. The van der Waals surface area contributed by atoms with E-state index in [2.05, 4.69) is 20.9 Å². The molecule has 0 spiro atoms. The van der Waals surface area contributed by atoms with Crippen molar-refractivity contribution in [2.24, 2.45) is 5.41 Å². The third-order valence-corrected chi connectivity index (χ3v) is 4.79. The van der Waals surface area contributed by atoms with Crippen LogP contribution < -0.4 is 4.90 Å². The molecule has 1 aliphatic heterocycles. The van der Waals surface area contributed by atoms with E-state index in [-0.39, 0.29) is 11.4 Å². The molecule has 0 bridgehead atoms. The van der Waals surface area contributed by atoms with Crippen LogP contribution in [0.2, 0.25) is 0 Å². The zero-order valence-corrected chi connectivity index (χ0v) is 16.3. The first-order valence-electron chi connectivity index (χ1n) is 8.19. The second-order valence-corrected chi connectivity index (χ2v) is 8.09. The number of nitrogens with zero attached hydrogens (tertiary/aromatic N) is 2. The van der Waals surface area contributed by atoms with Gasteiger partial charge in [-0.3, -0.25) is 19.5 Å². The predicted molar refractivity (Wildman–Crippen MR) is 103 cm³/mol. The van der Waals surface area contributed by atoms with Crippen LogP contribution in [0.5, 0.6) is 0 Å². The van der Waals surface area contributed by atoms with Crippen LogP contribution in [0.4, 0.5) is 5.69 Å². The zero-order valence-electron chi connectivity index (χ0n) is 14.7. The number of halogens is 1. The molecule has 1 N–H and O–H groups in total. The molecular formula is C20H19BrN2O3. The zero-order chi connectivity index (χ0) is 19.1. The maximum absolute atomic E-state index is 13.0. The third kappa shape index (κ3) is 3.17. The number of anilines is 1. The van der Waals surface area contributed by atoms with Crippen molar-refractivity contribution in [1.82, 2.24) is 4.98 Å². The van der Waals surface area contributed by atoms with E-state index < -0.39 is 23.1 Å². The van der Waals surface area contributed by atoms with E-state index in [1.807, 2.05) is 12.1 Å². The van der Waals surface area contributed by atoms with Crippen molar-refractivity contribution in [3.63, 3.8) is 0 Å². The lowest BCUT2D eigenvalue weighted by Crippen LogP contribution is -2.32. The van der Waals surface area contributed by atoms with E-state index in [0.717, 1.165) is 4.47 Å². The smallest absolute Gasteiger partial charge is 0.294 e. The lowest BCUT2D eigenvalue weighted by atomic mass is 9.82. The second-order valence-electron chi connectivity index (χ2n) is 7.18. The monoisotopic (exact) mass is 414 g/mol. The summed E-state index contributed by atoms with van der Waals surface area (Å²) in [5, 5.41) is 10.6. The summed E-state index contributed by atoms with van der Waals surface area (Å²) >= 11 is 3.38. The normalized spacial score (nSPS) is 17.8. The van der Waals surface area contributed by atoms with Crippen LogP contribution in [0, 0.1) is 5.41 Å². The fourth-order valence-corrected chi connectivity index (χ4v) is 3.23. The molecule has 1 atom stereocenters. The van der Waals surface area contributed by atoms with Crippen LogP contribution in [0.3, 0.4) is 0 Å². The van der Waals surface area contributed by atoms with Gasteiger partial charge in [0.05, 0.1) is 11.6 Å². The molecule has 26 heavy (non-hydrogen) atoms. The Morgan fingerprint density at radius 3 is 2.23 bits per heavy atom. The lowest BCUT2D eigenvalue weighted by Gasteiger charge is -2.28. The first-order valence-corrected chi connectivity index (χ1v) is 8.98. The fourth-order valence-electron chi connectivity index (χ4n) is 2.97. The minimum Gasteiger partial charge on any atom is -0.503 e. The van der Waals surface area contributed by atoms with E-state index in [1.165, 1.54) is 4.90 Å². The van der Waals surface area contributed by atoms with E-state index >= 15 is 0 Å². The number of aliphatic hydroxyl groups excluding tert-OH is 1. The number of ketones is 1. The number of hydrogen-bond acceptors (Lipinski definition) is 4. The number of amides is 1. The van der Waals surface area contributed by atoms with Gasteiger partial charge >= 0.3 is 0 Å². The van der Waals surface area contributed by atoms with Crippen molar-refractivity contribution in [1.29, 1.82) is 0 Å². The second kappa shape index (κ2) is 6.68. The molecule has 5 nitrogen and oxygen atoms in total. The van der Waals surface area contributed by atoms with Gasteiger partial charge in [0, 0.05) is 28.0 Å². The molecule has 1 amide bonds. The molecule has 0 radical (unpaired) electrons. The van der Waals surface area contributed by atoms with Gasteiger partial charge in [0.15, 0.2) is 11.5 Å². The highest BCUT2D eigenvalue weighted by Gasteiger charge is 2.46. The number of aromatic nitrogens is 1.